The minimum absolute atomic E-state index is 0. The van der Waals surface area contributed by atoms with Crippen LogP contribution in [-0.4, -0.2) is 39.1 Å². The molecule has 0 radical (unpaired) electrons. The maximum Gasteiger partial charge on any atom is 0.263 e. The van der Waals surface area contributed by atoms with Crippen molar-refractivity contribution in [3.05, 3.63) is 90.5 Å². The first-order valence-corrected chi connectivity index (χ1v) is 13.9. The predicted octanol–water partition coefficient (Wildman–Crippen LogP) is 6.59. The first kappa shape index (κ1) is 27.2. The second kappa shape index (κ2) is 11.7. The van der Waals surface area contributed by atoms with Crippen LogP contribution in [0.2, 0.25) is 10.0 Å². The Balaban J connectivity index is 0.00000304. The molecule has 0 atom stereocenters. The van der Waals surface area contributed by atoms with Crippen molar-refractivity contribution in [2.45, 2.75) is 31.6 Å². The number of thiophene rings is 1. The van der Waals surface area contributed by atoms with Crippen molar-refractivity contribution in [2.24, 2.45) is 0 Å². The second-order valence-corrected chi connectivity index (χ2v) is 11.3. The van der Waals surface area contributed by atoms with Crippen LogP contribution in [-0.2, 0) is 19.5 Å². The number of hydrogen-bond acceptors (Lipinski definition) is 6. The summed E-state index contributed by atoms with van der Waals surface area (Å²) in [5, 5.41) is 2.06. The Morgan fingerprint density at radius 2 is 1.94 bits per heavy atom. The fraction of sp³-hybridized carbons (Fsp3) is 0.269. The highest BCUT2D eigenvalue weighted by molar-refractivity contribution is 7.99. The predicted molar refractivity (Wildman–Crippen MR) is 153 cm³/mol. The molecule has 188 valence electrons. The molecule has 0 unspecified atom stereocenters. The minimum Gasteiger partial charge on any atom is -0.298 e. The highest BCUT2D eigenvalue weighted by Gasteiger charge is 2.25. The smallest absolute Gasteiger partial charge is 0.263 e. The highest BCUT2D eigenvalue weighted by Crippen LogP contribution is 2.34. The standard InChI is InChI=1S/C26H23Cl2N3O2S2.ClH/c1-2-30-11-10-19-22(14-30)35-24-23(19)25(33)31(13-16-6-4-3-5-7-16)26(29-24)34-15-21(32)18-9-8-17(27)12-20(18)28;/h3-9,12H,2,10-11,13-15H2,1H3;1H. The molecule has 1 aliphatic heterocycles. The number of benzene rings is 2. The number of nitrogens with zero attached hydrogens (tertiary/aromatic N) is 3. The Morgan fingerprint density at radius 3 is 2.67 bits per heavy atom. The van der Waals surface area contributed by atoms with E-state index in [0.717, 1.165) is 47.4 Å². The van der Waals surface area contributed by atoms with Crippen LogP contribution in [0.25, 0.3) is 10.2 Å². The van der Waals surface area contributed by atoms with Crippen LogP contribution in [0.3, 0.4) is 0 Å². The van der Waals surface area contributed by atoms with Gasteiger partial charge in [-0.05, 0) is 42.3 Å². The van der Waals surface area contributed by atoms with Gasteiger partial charge in [0, 0.05) is 28.6 Å². The zero-order chi connectivity index (χ0) is 24.5. The maximum atomic E-state index is 13.8. The van der Waals surface area contributed by atoms with Crippen LogP contribution in [0, 0.1) is 0 Å². The van der Waals surface area contributed by atoms with Gasteiger partial charge in [-0.3, -0.25) is 19.1 Å². The highest BCUT2D eigenvalue weighted by atomic mass is 35.5. The van der Waals surface area contributed by atoms with Gasteiger partial charge in [0.25, 0.3) is 5.56 Å². The third-order valence-electron chi connectivity index (χ3n) is 6.20. The number of Topliss-reactive ketones (excluding diaryl/α,β-unsaturated/α-hetero) is 1. The number of aromatic nitrogens is 2. The van der Waals surface area contributed by atoms with Gasteiger partial charge in [0.15, 0.2) is 10.9 Å². The van der Waals surface area contributed by atoms with Gasteiger partial charge in [0.2, 0.25) is 0 Å². The van der Waals surface area contributed by atoms with Gasteiger partial charge in [-0.2, -0.15) is 0 Å². The molecule has 0 spiro atoms. The molecule has 2 aromatic heterocycles. The molecular weight excluding hydrogens is 557 g/mol. The van der Waals surface area contributed by atoms with Crippen LogP contribution in [0.1, 0.15) is 33.3 Å². The molecule has 0 amide bonds. The van der Waals surface area contributed by atoms with E-state index >= 15 is 0 Å². The number of ketones is 1. The summed E-state index contributed by atoms with van der Waals surface area (Å²) in [6.45, 7) is 5.33. The largest absolute Gasteiger partial charge is 0.298 e. The Labute approximate surface area is 233 Å². The molecule has 1 aliphatic rings. The summed E-state index contributed by atoms with van der Waals surface area (Å²) in [5.41, 5.74) is 2.51. The molecule has 0 bridgehead atoms. The molecule has 0 aliphatic carbocycles. The van der Waals surface area contributed by atoms with E-state index in [1.807, 2.05) is 30.3 Å². The van der Waals surface area contributed by atoms with E-state index in [9.17, 15) is 9.59 Å². The number of thioether (sulfide) groups is 1. The number of likely N-dealkylation sites (N-methyl/N-ethyl adjacent to an activating group) is 1. The number of carbonyl (C=O) groups is 1. The lowest BCUT2D eigenvalue weighted by Crippen LogP contribution is -2.30. The van der Waals surface area contributed by atoms with Crippen molar-refractivity contribution in [2.75, 3.05) is 18.8 Å². The quantitative estimate of drug-likeness (QED) is 0.140. The summed E-state index contributed by atoms with van der Waals surface area (Å²) in [6.07, 6.45) is 0.853. The molecule has 0 saturated heterocycles. The van der Waals surface area contributed by atoms with Gasteiger partial charge in [0.05, 0.1) is 22.7 Å². The number of halogens is 3. The molecule has 10 heteroatoms. The fourth-order valence-electron chi connectivity index (χ4n) is 4.32. The second-order valence-electron chi connectivity index (χ2n) is 8.41. The molecular formula is C26H24Cl3N3O2S2. The summed E-state index contributed by atoms with van der Waals surface area (Å²) in [6, 6.07) is 14.7. The van der Waals surface area contributed by atoms with Crippen molar-refractivity contribution >= 4 is 74.7 Å². The average Bonchev–Trinajstić information content (AvgIpc) is 3.22. The van der Waals surface area contributed by atoms with Crippen molar-refractivity contribution in [3.63, 3.8) is 0 Å². The van der Waals surface area contributed by atoms with E-state index in [-0.39, 0.29) is 29.5 Å². The Morgan fingerprint density at radius 1 is 1.17 bits per heavy atom. The van der Waals surface area contributed by atoms with Crippen molar-refractivity contribution in [1.29, 1.82) is 0 Å². The average molecular weight is 581 g/mol. The molecule has 36 heavy (non-hydrogen) atoms. The van der Waals surface area contributed by atoms with E-state index in [4.69, 9.17) is 28.2 Å². The summed E-state index contributed by atoms with van der Waals surface area (Å²) in [4.78, 5) is 36.0. The van der Waals surface area contributed by atoms with Gasteiger partial charge in [-0.25, -0.2) is 4.98 Å². The third-order valence-corrected chi connectivity index (χ3v) is 8.83. The van der Waals surface area contributed by atoms with Gasteiger partial charge in [-0.15, -0.1) is 23.7 Å². The summed E-state index contributed by atoms with van der Waals surface area (Å²) >= 11 is 15.1. The topological polar surface area (TPSA) is 55.2 Å². The van der Waals surface area contributed by atoms with E-state index in [1.165, 1.54) is 16.6 Å². The number of carbonyl (C=O) groups excluding carboxylic acids is 1. The summed E-state index contributed by atoms with van der Waals surface area (Å²) in [5.74, 6) is -0.0238. The van der Waals surface area contributed by atoms with Gasteiger partial charge >= 0.3 is 0 Å². The molecule has 0 N–H and O–H groups in total. The van der Waals surface area contributed by atoms with Crippen molar-refractivity contribution in [1.82, 2.24) is 14.5 Å². The molecule has 2 aromatic carbocycles. The fourth-order valence-corrected chi connectivity index (χ4v) is 7.02. The van der Waals surface area contributed by atoms with E-state index in [2.05, 4.69) is 11.8 Å². The van der Waals surface area contributed by atoms with Gasteiger partial charge in [0.1, 0.15) is 4.83 Å². The van der Waals surface area contributed by atoms with Gasteiger partial charge < -0.3 is 0 Å². The molecule has 5 nitrogen and oxygen atoms in total. The Kier molecular flexibility index (Phi) is 8.81. The lowest BCUT2D eigenvalue weighted by Gasteiger charge is -2.25. The SMILES string of the molecule is CCN1CCc2c(sc3nc(SCC(=O)c4ccc(Cl)cc4Cl)n(Cc4ccccc4)c(=O)c23)C1.Cl. The lowest BCUT2D eigenvalue weighted by molar-refractivity contribution is 0.102. The van der Waals surface area contributed by atoms with E-state index in [0.29, 0.717) is 27.3 Å². The molecule has 0 saturated carbocycles. The van der Waals surface area contributed by atoms with Crippen LogP contribution in [0.5, 0.6) is 0 Å². The Bertz CT molecular complexity index is 1470. The molecule has 0 fully saturated rings. The van der Waals surface area contributed by atoms with Crippen LogP contribution in [0.4, 0.5) is 0 Å². The summed E-state index contributed by atoms with van der Waals surface area (Å²) < 4.78 is 1.71. The normalized spacial score (nSPS) is 13.4. The summed E-state index contributed by atoms with van der Waals surface area (Å²) in [7, 11) is 0. The molecule has 4 aromatic rings. The minimum atomic E-state index is -0.138. The number of hydrogen-bond donors (Lipinski definition) is 0. The van der Waals surface area contributed by atoms with Crippen LogP contribution < -0.4 is 5.56 Å². The lowest BCUT2D eigenvalue weighted by atomic mass is 10.1. The zero-order valence-corrected chi connectivity index (χ0v) is 23.5. The van der Waals surface area contributed by atoms with Crippen molar-refractivity contribution < 1.29 is 4.79 Å². The van der Waals surface area contributed by atoms with Crippen LogP contribution >= 0.6 is 58.7 Å². The van der Waals surface area contributed by atoms with Crippen molar-refractivity contribution in [3.8, 4) is 0 Å². The third kappa shape index (κ3) is 5.52. The first-order chi connectivity index (χ1) is 16.9. The first-order valence-electron chi connectivity index (χ1n) is 11.4. The maximum absolute atomic E-state index is 13.8. The van der Waals surface area contributed by atoms with E-state index < -0.39 is 0 Å². The van der Waals surface area contributed by atoms with Crippen LogP contribution in [0.15, 0.2) is 58.5 Å². The van der Waals surface area contributed by atoms with E-state index in [1.54, 1.807) is 34.1 Å². The van der Waals surface area contributed by atoms with Gasteiger partial charge in [-0.1, -0.05) is 72.2 Å². The number of fused-ring (bicyclic) bond motifs is 3. The molecule has 5 rings (SSSR count). The zero-order valence-electron chi connectivity index (χ0n) is 19.5. The Hall–Kier alpha value is -1.87. The number of rotatable bonds is 7. The molecule has 3 heterocycles. The monoisotopic (exact) mass is 579 g/mol.